The van der Waals surface area contributed by atoms with Gasteiger partial charge in [-0.3, -0.25) is 9.89 Å². The first-order valence-corrected chi connectivity index (χ1v) is 6.90. The van der Waals surface area contributed by atoms with E-state index >= 15 is 0 Å². The molecular weight excluding hydrogens is 270 g/mol. The molecule has 0 unspecified atom stereocenters. The molecule has 3 heterocycles. The van der Waals surface area contributed by atoms with Crippen LogP contribution in [0.5, 0.6) is 5.88 Å². The summed E-state index contributed by atoms with van der Waals surface area (Å²) in [5.41, 5.74) is 2.20. The van der Waals surface area contributed by atoms with Gasteiger partial charge in [0.2, 0.25) is 5.88 Å². The Bertz CT molecular complexity index is 621. The summed E-state index contributed by atoms with van der Waals surface area (Å²) in [5.74, 6) is 0.497. The highest BCUT2D eigenvalue weighted by Crippen LogP contribution is 2.20. The summed E-state index contributed by atoms with van der Waals surface area (Å²) < 4.78 is 5.74. The fourth-order valence-electron chi connectivity index (χ4n) is 2.55. The largest absolute Gasteiger partial charge is 0.471 e. The van der Waals surface area contributed by atoms with Crippen molar-refractivity contribution in [2.75, 3.05) is 13.1 Å². The number of carbonyl (C=O) groups excluding carboxylic acids is 1. The van der Waals surface area contributed by atoms with E-state index in [1.54, 1.807) is 23.2 Å². The third-order valence-electron chi connectivity index (χ3n) is 3.61. The van der Waals surface area contributed by atoms with Gasteiger partial charge in [-0.2, -0.15) is 10.2 Å². The molecule has 1 atom stereocenters. The van der Waals surface area contributed by atoms with Gasteiger partial charge < -0.3 is 9.64 Å². The van der Waals surface area contributed by atoms with Gasteiger partial charge in [-0.05, 0) is 19.9 Å². The molecule has 1 aliphatic heterocycles. The molecule has 0 spiro atoms. The second-order valence-corrected chi connectivity index (χ2v) is 5.15. The summed E-state index contributed by atoms with van der Waals surface area (Å²) in [6.45, 7) is 4.92. The number of rotatable bonds is 3. The fourth-order valence-corrected chi connectivity index (χ4v) is 2.55. The predicted molar refractivity (Wildman–Crippen MR) is 75.0 cm³/mol. The van der Waals surface area contributed by atoms with Crippen molar-refractivity contribution < 1.29 is 9.53 Å². The normalized spacial score (nSPS) is 18.0. The van der Waals surface area contributed by atoms with Crippen molar-refractivity contribution >= 4 is 5.91 Å². The minimum atomic E-state index is -0.0434. The third kappa shape index (κ3) is 2.72. The van der Waals surface area contributed by atoms with Crippen molar-refractivity contribution in [2.45, 2.75) is 26.4 Å². The molecule has 1 amide bonds. The van der Waals surface area contributed by atoms with E-state index in [9.17, 15) is 4.79 Å². The van der Waals surface area contributed by atoms with E-state index in [1.165, 1.54) is 0 Å². The van der Waals surface area contributed by atoms with Gasteiger partial charge in [0.15, 0.2) is 0 Å². The Morgan fingerprint density at radius 2 is 2.33 bits per heavy atom. The molecule has 0 aliphatic carbocycles. The van der Waals surface area contributed by atoms with Crippen LogP contribution in [0.3, 0.4) is 0 Å². The third-order valence-corrected chi connectivity index (χ3v) is 3.61. The van der Waals surface area contributed by atoms with Crippen LogP contribution in [-0.2, 0) is 0 Å². The minimum Gasteiger partial charge on any atom is -0.471 e. The summed E-state index contributed by atoms with van der Waals surface area (Å²) in [7, 11) is 0. The Hall–Kier alpha value is -2.44. The summed E-state index contributed by atoms with van der Waals surface area (Å²) in [4.78, 5) is 14.3. The fraction of sp³-hybridized carbons (Fsp3) is 0.429. The van der Waals surface area contributed by atoms with Crippen LogP contribution >= 0.6 is 0 Å². The monoisotopic (exact) mass is 287 g/mol. The highest BCUT2D eigenvalue weighted by molar-refractivity contribution is 5.96. The minimum absolute atomic E-state index is 0.00370. The Balaban J connectivity index is 1.66. The molecule has 2 aromatic rings. The molecule has 1 fully saturated rings. The molecule has 0 aromatic carbocycles. The van der Waals surface area contributed by atoms with Crippen LogP contribution < -0.4 is 4.74 Å². The van der Waals surface area contributed by atoms with Crippen molar-refractivity contribution in [1.29, 1.82) is 0 Å². The quantitative estimate of drug-likeness (QED) is 0.914. The van der Waals surface area contributed by atoms with Crippen LogP contribution in [0, 0.1) is 13.8 Å². The number of aryl methyl sites for hydroxylation is 2. The van der Waals surface area contributed by atoms with E-state index in [0.29, 0.717) is 24.5 Å². The van der Waals surface area contributed by atoms with E-state index in [-0.39, 0.29) is 12.0 Å². The number of nitrogens with one attached hydrogen (secondary N) is 1. The van der Waals surface area contributed by atoms with Crippen molar-refractivity contribution in [3.05, 3.63) is 35.3 Å². The van der Waals surface area contributed by atoms with Crippen LogP contribution in [0.15, 0.2) is 18.3 Å². The molecule has 7 heteroatoms. The zero-order valence-corrected chi connectivity index (χ0v) is 12.0. The zero-order valence-electron chi connectivity index (χ0n) is 12.0. The van der Waals surface area contributed by atoms with Crippen LogP contribution in [-0.4, -0.2) is 50.4 Å². The SMILES string of the molecule is Cc1n[nH]c(C)c1C(=O)N1CC[C@H](Oc2cccnn2)C1. The van der Waals surface area contributed by atoms with Crippen LogP contribution in [0.2, 0.25) is 0 Å². The maximum absolute atomic E-state index is 12.5. The second-order valence-electron chi connectivity index (χ2n) is 5.15. The smallest absolute Gasteiger partial charge is 0.257 e. The topological polar surface area (TPSA) is 84.0 Å². The maximum Gasteiger partial charge on any atom is 0.257 e. The van der Waals surface area contributed by atoms with Gasteiger partial charge in [0.1, 0.15) is 6.10 Å². The highest BCUT2D eigenvalue weighted by Gasteiger charge is 2.30. The molecule has 1 N–H and O–H groups in total. The number of likely N-dealkylation sites (tertiary alicyclic amines) is 1. The molecule has 1 aliphatic rings. The summed E-state index contributed by atoms with van der Waals surface area (Å²) in [5, 5.41) is 14.6. The lowest BCUT2D eigenvalue weighted by molar-refractivity contribution is 0.0769. The molecule has 0 bridgehead atoms. The van der Waals surface area contributed by atoms with Gasteiger partial charge >= 0.3 is 0 Å². The first kappa shape index (κ1) is 13.5. The second kappa shape index (κ2) is 5.51. The number of hydrogen-bond donors (Lipinski definition) is 1. The van der Waals surface area contributed by atoms with Gasteiger partial charge in [-0.15, -0.1) is 5.10 Å². The molecule has 3 rings (SSSR count). The Morgan fingerprint density at radius 1 is 1.48 bits per heavy atom. The number of nitrogens with zero attached hydrogens (tertiary/aromatic N) is 4. The van der Waals surface area contributed by atoms with E-state index in [4.69, 9.17) is 4.74 Å². The highest BCUT2D eigenvalue weighted by atomic mass is 16.5. The predicted octanol–water partition coefficient (Wildman–Crippen LogP) is 1.11. The number of aromatic amines is 1. The van der Waals surface area contributed by atoms with E-state index < -0.39 is 0 Å². The van der Waals surface area contributed by atoms with Crippen molar-refractivity contribution in [2.24, 2.45) is 0 Å². The molecule has 21 heavy (non-hydrogen) atoms. The average Bonchev–Trinajstić information content (AvgIpc) is 3.07. The first-order chi connectivity index (χ1) is 10.1. The average molecular weight is 287 g/mol. The Labute approximate surface area is 122 Å². The molecule has 1 saturated heterocycles. The van der Waals surface area contributed by atoms with Gasteiger partial charge in [-0.1, -0.05) is 0 Å². The van der Waals surface area contributed by atoms with Gasteiger partial charge in [-0.25, -0.2) is 0 Å². The Morgan fingerprint density at radius 3 is 3.00 bits per heavy atom. The van der Waals surface area contributed by atoms with Crippen molar-refractivity contribution in [3.63, 3.8) is 0 Å². The lowest BCUT2D eigenvalue weighted by Gasteiger charge is -2.17. The maximum atomic E-state index is 12.5. The molecule has 2 aromatic heterocycles. The van der Waals surface area contributed by atoms with Gasteiger partial charge in [0, 0.05) is 30.9 Å². The number of amides is 1. The number of carbonyl (C=O) groups is 1. The molecule has 110 valence electrons. The lowest BCUT2D eigenvalue weighted by atomic mass is 10.2. The van der Waals surface area contributed by atoms with Crippen molar-refractivity contribution in [1.82, 2.24) is 25.3 Å². The molecule has 7 nitrogen and oxygen atoms in total. The summed E-state index contributed by atoms with van der Waals surface area (Å²) >= 11 is 0. The van der Waals surface area contributed by atoms with Crippen LogP contribution in [0.1, 0.15) is 28.2 Å². The van der Waals surface area contributed by atoms with E-state index in [1.807, 2.05) is 13.8 Å². The lowest BCUT2D eigenvalue weighted by Crippen LogP contribution is -2.31. The van der Waals surface area contributed by atoms with Gasteiger partial charge in [0.25, 0.3) is 5.91 Å². The number of H-pyrrole nitrogens is 1. The van der Waals surface area contributed by atoms with E-state index in [0.717, 1.165) is 17.8 Å². The van der Waals surface area contributed by atoms with Crippen LogP contribution in [0.4, 0.5) is 0 Å². The van der Waals surface area contributed by atoms with Crippen molar-refractivity contribution in [3.8, 4) is 5.88 Å². The number of hydrogen-bond acceptors (Lipinski definition) is 5. The molecule has 0 radical (unpaired) electrons. The van der Waals surface area contributed by atoms with Crippen LogP contribution in [0.25, 0.3) is 0 Å². The summed E-state index contributed by atoms with van der Waals surface area (Å²) in [6, 6.07) is 3.54. The molecule has 0 saturated carbocycles. The number of ether oxygens (including phenoxy) is 1. The molecular formula is C14H17N5O2. The van der Waals surface area contributed by atoms with Gasteiger partial charge in [0.05, 0.1) is 17.8 Å². The first-order valence-electron chi connectivity index (χ1n) is 6.90. The Kier molecular flexibility index (Phi) is 3.55. The van der Waals surface area contributed by atoms with E-state index in [2.05, 4.69) is 20.4 Å². The zero-order chi connectivity index (χ0) is 14.8. The number of aromatic nitrogens is 4. The summed E-state index contributed by atoms with van der Waals surface area (Å²) in [6.07, 6.45) is 2.35. The standard InChI is InChI=1S/C14H17N5O2/c1-9-13(10(2)17-16-9)14(20)19-7-5-11(8-19)21-12-4-3-6-15-18-12/h3-4,6,11H,5,7-8H2,1-2H3,(H,16,17)/t11-/m0/s1.